The Kier molecular flexibility index (Phi) is 5.22. The average Bonchev–Trinajstić information content (AvgIpc) is 2.45. The summed E-state index contributed by atoms with van der Waals surface area (Å²) in [5.74, 6) is 1.17. The molecule has 0 bridgehead atoms. The number of hydrogen-bond acceptors (Lipinski definition) is 4. The smallest absolute Gasteiger partial charge is 0.225 e. The van der Waals surface area contributed by atoms with Crippen molar-refractivity contribution in [2.75, 3.05) is 16.8 Å². The lowest BCUT2D eigenvalue weighted by atomic mass is 10.1. The van der Waals surface area contributed by atoms with E-state index in [-0.39, 0.29) is 5.91 Å². The normalized spacial score (nSPS) is 10.4. The molecule has 2 rings (SSSR count). The lowest BCUT2D eigenvalue weighted by molar-refractivity contribution is -0.115. The maximum atomic E-state index is 11.8. The van der Waals surface area contributed by atoms with Crippen molar-refractivity contribution in [2.45, 2.75) is 25.2 Å². The molecule has 21 heavy (non-hydrogen) atoms. The molecule has 0 spiro atoms. The number of nitrogen functional groups attached to an aromatic ring is 1. The van der Waals surface area contributed by atoms with Crippen molar-refractivity contribution in [3.05, 3.63) is 47.7 Å². The summed E-state index contributed by atoms with van der Waals surface area (Å²) in [4.78, 5) is 17.0. The molecule has 1 heterocycles. The van der Waals surface area contributed by atoms with Gasteiger partial charge in [-0.15, -0.1) is 11.8 Å². The maximum Gasteiger partial charge on any atom is 0.225 e. The second-order valence-electron chi connectivity index (χ2n) is 4.86. The molecule has 2 aromatic rings. The highest BCUT2D eigenvalue weighted by Crippen LogP contribution is 2.21. The van der Waals surface area contributed by atoms with Gasteiger partial charge in [-0.1, -0.05) is 6.07 Å². The Morgan fingerprint density at radius 2 is 2.05 bits per heavy atom. The first-order valence-corrected chi connectivity index (χ1v) is 7.74. The van der Waals surface area contributed by atoms with Crippen LogP contribution in [0.4, 0.5) is 11.5 Å². The number of carbonyl (C=O) groups is 1. The Hall–Kier alpha value is -2.01. The minimum Gasteiger partial charge on any atom is -0.384 e. The lowest BCUT2D eigenvalue weighted by Gasteiger charge is -2.06. The van der Waals surface area contributed by atoms with Crippen LogP contribution in [0.2, 0.25) is 0 Å². The third-order valence-corrected chi connectivity index (χ3v) is 4.14. The van der Waals surface area contributed by atoms with Gasteiger partial charge in [-0.25, -0.2) is 4.98 Å². The molecule has 0 saturated heterocycles. The Morgan fingerprint density at radius 1 is 1.24 bits per heavy atom. The SMILES string of the molecule is Cc1ccc(SCCC(=O)Nc2ccc(N)nc2)cc1C. The fourth-order valence-corrected chi connectivity index (χ4v) is 2.72. The zero-order chi connectivity index (χ0) is 15.2. The number of benzene rings is 1. The van der Waals surface area contributed by atoms with Gasteiger partial charge in [0.1, 0.15) is 5.82 Å². The quantitative estimate of drug-likeness (QED) is 0.831. The lowest BCUT2D eigenvalue weighted by Crippen LogP contribution is -2.12. The monoisotopic (exact) mass is 301 g/mol. The predicted octanol–water partition coefficient (Wildman–Crippen LogP) is 3.40. The summed E-state index contributed by atoms with van der Waals surface area (Å²) in [6, 6.07) is 9.77. The van der Waals surface area contributed by atoms with Crippen molar-refractivity contribution in [2.24, 2.45) is 0 Å². The number of anilines is 2. The average molecular weight is 301 g/mol. The fraction of sp³-hybridized carbons (Fsp3) is 0.250. The van der Waals surface area contributed by atoms with E-state index in [1.807, 2.05) is 0 Å². The van der Waals surface area contributed by atoms with Crippen molar-refractivity contribution in [1.82, 2.24) is 4.98 Å². The van der Waals surface area contributed by atoms with Gasteiger partial charge in [-0.2, -0.15) is 0 Å². The number of nitrogens with zero attached hydrogens (tertiary/aromatic N) is 1. The predicted molar refractivity (Wildman–Crippen MR) is 88.5 cm³/mol. The Balaban J connectivity index is 1.78. The van der Waals surface area contributed by atoms with Crippen molar-refractivity contribution >= 4 is 29.2 Å². The molecule has 110 valence electrons. The van der Waals surface area contributed by atoms with E-state index < -0.39 is 0 Å². The zero-order valence-corrected chi connectivity index (χ0v) is 13.0. The number of thioether (sulfide) groups is 1. The molecular formula is C16H19N3OS. The standard InChI is InChI=1S/C16H19N3OS/c1-11-3-5-14(9-12(11)2)21-8-7-16(20)19-13-4-6-15(17)18-10-13/h3-6,9-10H,7-8H2,1-2H3,(H2,17,18)(H,19,20). The van der Waals surface area contributed by atoms with E-state index in [1.165, 1.54) is 16.0 Å². The fourth-order valence-electron chi connectivity index (χ4n) is 1.77. The highest BCUT2D eigenvalue weighted by Gasteiger charge is 2.04. The number of nitrogens with two attached hydrogens (primary N) is 1. The topological polar surface area (TPSA) is 68.0 Å². The highest BCUT2D eigenvalue weighted by atomic mass is 32.2. The number of carbonyl (C=O) groups excluding carboxylic acids is 1. The van der Waals surface area contributed by atoms with Gasteiger partial charge in [0.25, 0.3) is 0 Å². The Bertz CT molecular complexity index is 626. The van der Waals surface area contributed by atoms with Gasteiger partial charge in [0.05, 0.1) is 11.9 Å². The highest BCUT2D eigenvalue weighted by molar-refractivity contribution is 7.99. The third-order valence-electron chi connectivity index (χ3n) is 3.15. The summed E-state index contributed by atoms with van der Waals surface area (Å²) in [6.45, 7) is 4.19. The van der Waals surface area contributed by atoms with Crippen LogP contribution in [-0.2, 0) is 4.79 Å². The number of hydrogen-bond donors (Lipinski definition) is 2. The van der Waals surface area contributed by atoms with Gasteiger partial charge >= 0.3 is 0 Å². The molecule has 1 amide bonds. The molecule has 3 N–H and O–H groups in total. The molecule has 1 aromatic carbocycles. The van der Waals surface area contributed by atoms with Crippen LogP contribution in [0.1, 0.15) is 17.5 Å². The van der Waals surface area contributed by atoms with Crippen LogP contribution in [0.15, 0.2) is 41.4 Å². The van der Waals surface area contributed by atoms with Gasteiger partial charge in [0.2, 0.25) is 5.91 Å². The van der Waals surface area contributed by atoms with E-state index in [2.05, 4.69) is 42.3 Å². The summed E-state index contributed by atoms with van der Waals surface area (Å²) in [7, 11) is 0. The molecule has 0 aliphatic heterocycles. The van der Waals surface area contributed by atoms with E-state index in [0.717, 1.165) is 5.75 Å². The first-order valence-electron chi connectivity index (χ1n) is 6.76. The molecule has 0 fully saturated rings. The van der Waals surface area contributed by atoms with Crippen LogP contribution < -0.4 is 11.1 Å². The summed E-state index contributed by atoms with van der Waals surface area (Å²) < 4.78 is 0. The summed E-state index contributed by atoms with van der Waals surface area (Å²) in [6.07, 6.45) is 2.02. The second-order valence-corrected chi connectivity index (χ2v) is 6.03. The van der Waals surface area contributed by atoms with Crippen LogP contribution in [0.5, 0.6) is 0 Å². The minimum atomic E-state index is -0.0158. The molecule has 0 atom stereocenters. The minimum absolute atomic E-state index is 0.0158. The largest absolute Gasteiger partial charge is 0.384 e. The third kappa shape index (κ3) is 4.79. The van der Waals surface area contributed by atoms with Gasteiger partial charge in [0.15, 0.2) is 0 Å². The Labute approximate surface area is 129 Å². The molecule has 0 aliphatic rings. The Morgan fingerprint density at radius 3 is 2.71 bits per heavy atom. The van der Waals surface area contributed by atoms with Crippen LogP contribution in [-0.4, -0.2) is 16.6 Å². The number of pyridine rings is 1. The molecule has 0 aliphatic carbocycles. The van der Waals surface area contributed by atoms with Crippen molar-refractivity contribution in [3.63, 3.8) is 0 Å². The first kappa shape index (κ1) is 15.4. The van der Waals surface area contributed by atoms with Crippen LogP contribution in [0.3, 0.4) is 0 Å². The van der Waals surface area contributed by atoms with E-state index in [0.29, 0.717) is 17.9 Å². The first-order chi connectivity index (χ1) is 10.0. The zero-order valence-electron chi connectivity index (χ0n) is 12.2. The van der Waals surface area contributed by atoms with E-state index >= 15 is 0 Å². The van der Waals surface area contributed by atoms with Crippen molar-refractivity contribution < 1.29 is 4.79 Å². The van der Waals surface area contributed by atoms with Crippen LogP contribution in [0, 0.1) is 13.8 Å². The maximum absolute atomic E-state index is 11.8. The number of nitrogens with one attached hydrogen (secondary N) is 1. The van der Waals surface area contributed by atoms with Crippen molar-refractivity contribution in [3.8, 4) is 0 Å². The van der Waals surface area contributed by atoms with Gasteiger partial charge in [0, 0.05) is 17.1 Å². The van der Waals surface area contributed by atoms with Gasteiger partial charge in [-0.05, 0) is 49.2 Å². The molecule has 5 heteroatoms. The van der Waals surface area contributed by atoms with E-state index in [9.17, 15) is 4.79 Å². The summed E-state index contributed by atoms with van der Waals surface area (Å²) in [5, 5.41) is 2.81. The molecule has 4 nitrogen and oxygen atoms in total. The molecule has 0 radical (unpaired) electrons. The molecular weight excluding hydrogens is 282 g/mol. The van der Waals surface area contributed by atoms with Gasteiger partial charge < -0.3 is 11.1 Å². The molecule has 0 unspecified atom stereocenters. The number of rotatable bonds is 5. The second kappa shape index (κ2) is 7.13. The van der Waals surface area contributed by atoms with Crippen LogP contribution in [0.25, 0.3) is 0 Å². The van der Waals surface area contributed by atoms with Crippen molar-refractivity contribution in [1.29, 1.82) is 0 Å². The van der Waals surface area contributed by atoms with Gasteiger partial charge in [-0.3, -0.25) is 4.79 Å². The van der Waals surface area contributed by atoms with E-state index in [4.69, 9.17) is 5.73 Å². The summed E-state index contributed by atoms with van der Waals surface area (Å²) >= 11 is 1.69. The summed E-state index contributed by atoms with van der Waals surface area (Å²) in [5.41, 5.74) is 8.73. The number of amides is 1. The van der Waals surface area contributed by atoms with Crippen LogP contribution >= 0.6 is 11.8 Å². The van der Waals surface area contributed by atoms with E-state index in [1.54, 1.807) is 30.1 Å². The molecule has 1 aromatic heterocycles. The number of aromatic nitrogens is 1. The molecule has 0 saturated carbocycles. The number of aryl methyl sites for hydroxylation is 2.